The minimum Gasteiger partial charge on any atom is -0.484 e. The zero-order chi connectivity index (χ0) is 24.3. The molecule has 7 nitrogen and oxygen atoms in total. The summed E-state index contributed by atoms with van der Waals surface area (Å²) in [5.74, 6) is -0.601. The van der Waals surface area contributed by atoms with Crippen LogP contribution in [-0.4, -0.2) is 40.2 Å². The highest BCUT2D eigenvalue weighted by Gasteiger charge is 2.70. The Morgan fingerprint density at radius 3 is 2.56 bits per heavy atom. The summed E-state index contributed by atoms with van der Waals surface area (Å²) >= 11 is 11.6. The van der Waals surface area contributed by atoms with Crippen LogP contribution in [0, 0.1) is 5.82 Å². The maximum absolute atomic E-state index is 13.5. The molecule has 2 aromatic rings. The van der Waals surface area contributed by atoms with Crippen molar-refractivity contribution in [2.75, 3.05) is 6.61 Å². The summed E-state index contributed by atoms with van der Waals surface area (Å²) in [4.78, 5) is 25.4. The molecule has 4 aliphatic rings. The van der Waals surface area contributed by atoms with Gasteiger partial charge in [-0.15, -0.1) is 0 Å². The van der Waals surface area contributed by atoms with Crippen molar-refractivity contribution >= 4 is 35.0 Å². The van der Waals surface area contributed by atoms with Gasteiger partial charge in [0.15, 0.2) is 12.2 Å². The SMILES string of the molecule is C[C@]1(C(=O)NC23CC(NC(=O)COc4ccc(Cl)c(F)c4)(C2)C3)C[C@@H](O)c2cc(Cl)ccc2O1. The van der Waals surface area contributed by atoms with Crippen LogP contribution in [-0.2, 0) is 9.59 Å². The van der Waals surface area contributed by atoms with E-state index >= 15 is 0 Å². The average molecular weight is 509 g/mol. The van der Waals surface area contributed by atoms with Crippen LogP contribution in [0.5, 0.6) is 11.5 Å². The molecule has 0 radical (unpaired) electrons. The number of benzene rings is 2. The van der Waals surface area contributed by atoms with Crippen molar-refractivity contribution in [3.63, 3.8) is 0 Å². The second-order valence-corrected chi connectivity index (χ2v) is 10.5. The van der Waals surface area contributed by atoms with Gasteiger partial charge in [0.1, 0.15) is 17.3 Å². The lowest BCUT2D eigenvalue weighted by Gasteiger charge is -2.70. The van der Waals surface area contributed by atoms with Crippen molar-refractivity contribution in [3.05, 3.63) is 57.8 Å². The van der Waals surface area contributed by atoms with Gasteiger partial charge in [-0.05, 0) is 56.5 Å². The first kappa shape index (κ1) is 23.2. The molecule has 34 heavy (non-hydrogen) atoms. The molecule has 0 spiro atoms. The molecule has 2 aromatic carbocycles. The zero-order valence-electron chi connectivity index (χ0n) is 18.3. The molecule has 3 saturated carbocycles. The van der Waals surface area contributed by atoms with Crippen LogP contribution in [0.2, 0.25) is 10.0 Å². The summed E-state index contributed by atoms with van der Waals surface area (Å²) < 4.78 is 24.8. The molecular weight excluding hydrogens is 486 g/mol. The number of carbonyl (C=O) groups is 2. The first-order chi connectivity index (χ1) is 16.0. The maximum Gasteiger partial charge on any atom is 0.264 e. The Bertz CT molecular complexity index is 1170. The van der Waals surface area contributed by atoms with Crippen LogP contribution in [0.1, 0.15) is 44.3 Å². The average Bonchev–Trinajstić information content (AvgIpc) is 2.72. The number of aliphatic hydroxyl groups excluding tert-OH is 1. The van der Waals surface area contributed by atoms with Crippen molar-refractivity contribution in [2.24, 2.45) is 0 Å². The first-order valence-corrected chi connectivity index (χ1v) is 11.6. The van der Waals surface area contributed by atoms with Crippen LogP contribution in [0.3, 0.4) is 0 Å². The number of hydrogen-bond acceptors (Lipinski definition) is 5. The highest BCUT2D eigenvalue weighted by molar-refractivity contribution is 6.31. The van der Waals surface area contributed by atoms with Crippen LogP contribution in [0.4, 0.5) is 4.39 Å². The third-order valence-electron chi connectivity index (χ3n) is 6.80. The molecule has 6 rings (SSSR count). The van der Waals surface area contributed by atoms with Gasteiger partial charge in [-0.25, -0.2) is 4.39 Å². The van der Waals surface area contributed by atoms with Gasteiger partial charge in [-0.2, -0.15) is 0 Å². The van der Waals surface area contributed by atoms with Crippen LogP contribution in [0.25, 0.3) is 0 Å². The predicted molar refractivity (Wildman–Crippen MR) is 123 cm³/mol. The summed E-state index contributed by atoms with van der Waals surface area (Å²) in [6.07, 6.45) is 1.02. The van der Waals surface area contributed by atoms with Gasteiger partial charge in [0.05, 0.1) is 11.1 Å². The molecule has 10 heteroatoms. The van der Waals surface area contributed by atoms with E-state index in [1.165, 1.54) is 12.1 Å². The third-order valence-corrected chi connectivity index (χ3v) is 7.35. The fraction of sp³-hybridized carbons (Fsp3) is 0.417. The van der Waals surface area contributed by atoms with Crippen molar-refractivity contribution in [1.82, 2.24) is 10.6 Å². The van der Waals surface area contributed by atoms with Crippen molar-refractivity contribution < 1.29 is 28.6 Å². The summed E-state index contributed by atoms with van der Waals surface area (Å²) in [5, 5.41) is 17.0. The number of carbonyl (C=O) groups excluding carboxylic acids is 2. The summed E-state index contributed by atoms with van der Waals surface area (Å²) in [5.41, 5.74) is -1.44. The monoisotopic (exact) mass is 508 g/mol. The lowest BCUT2D eigenvalue weighted by Crippen LogP contribution is -2.84. The highest BCUT2D eigenvalue weighted by atomic mass is 35.5. The highest BCUT2D eigenvalue weighted by Crippen LogP contribution is 2.60. The zero-order valence-corrected chi connectivity index (χ0v) is 19.8. The molecule has 0 aromatic heterocycles. The second-order valence-electron chi connectivity index (χ2n) is 9.69. The lowest BCUT2D eigenvalue weighted by molar-refractivity contribution is -0.161. The largest absolute Gasteiger partial charge is 0.484 e. The van der Waals surface area contributed by atoms with E-state index in [4.69, 9.17) is 32.7 Å². The molecule has 2 amide bonds. The maximum atomic E-state index is 13.5. The molecule has 3 fully saturated rings. The summed E-state index contributed by atoms with van der Waals surface area (Å²) in [6.45, 7) is 1.40. The Morgan fingerprint density at radius 1 is 1.15 bits per heavy atom. The third kappa shape index (κ3) is 4.08. The van der Waals surface area contributed by atoms with Gasteiger partial charge < -0.3 is 25.2 Å². The molecular formula is C24H23Cl2FN2O5. The lowest BCUT2D eigenvalue weighted by atomic mass is 9.44. The van der Waals surface area contributed by atoms with Crippen molar-refractivity contribution in [2.45, 2.75) is 55.4 Å². The Labute approximate surface area is 205 Å². The van der Waals surface area contributed by atoms with Crippen LogP contribution in [0.15, 0.2) is 36.4 Å². The fourth-order valence-electron chi connectivity index (χ4n) is 5.25. The Balaban J connectivity index is 1.13. The number of halogens is 3. The molecule has 1 aliphatic heterocycles. The number of rotatable bonds is 6. The first-order valence-electron chi connectivity index (χ1n) is 10.9. The second kappa shape index (κ2) is 8.00. The molecule has 1 heterocycles. The Kier molecular flexibility index (Phi) is 5.46. The van der Waals surface area contributed by atoms with E-state index in [2.05, 4.69) is 10.6 Å². The Hall–Kier alpha value is -2.55. The quantitative estimate of drug-likeness (QED) is 0.552. The van der Waals surface area contributed by atoms with Gasteiger partial charge in [0.25, 0.3) is 11.8 Å². The van der Waals surface area contributed by atoms with E-state index in [1.807, 2.05) is 0 Å². The van der Waals surface area contributed by atoms with Gasteiger partial charge in [0.2, 0.25) is 0 Å². The number of amides is 2. The molecule has 3 N–H and O–H groups in total. The molecule has 180 valence electrons. The van der Waals surface area contributed by atoms with Crippen LogP contribution >= 0.6 is 23.2 Å². The number of fused-ring (bicyclic) bond motifs is 1. The van der Waals surface area contributed by atoms with E-state index < -0.39 is 23.1 Å². The topological polar surface area (TPSA) is 96.9 Å². The molecule has 2 atom stereocenters. The number of ether oxygens (including phenoxy) is 2. The molecule has 0 unspecified atom stereocenters. The molecule has 2 bridgehead atoms. The van der Waals surface area contributed by atoms with Crippen molar-refractivity contribution in [3.8, 4) is 11.5 Å². The number of aliphatic hydroxyl groups is 1. The minimum absolute atomic E-state index is 0.0198. The van der Waals surface area contributed by atoms with Crippen LogP contribution < -0.4 is 20.1 Å². The van der Waals surface area contributed by atoms with Gasteiger partial charge in [-0.1, -0.05) is 23.2 Å². The fourth-order valence-corrected chi connectivity index (χ4v) is 5.55. The standard InChI is InChI=1S/C24H23Cl2FN2O5/c1-22(8-18(30)15-6-13(25)2-5-19(15)34-22)21(32)29-24-10-23(11-24,12-24)28-20(31)9-33-14-3-4-16(26)17(27)7-14/h2-7,18,30H,8-12H2,1H3,(H,28,31)(H,29,32)/t18-,22-,23?,24?/m1/s1. The van der Waals surface area contributed by atoms with E-state index in [-0.39, 0.29) is 41.2 Å². The Morgan fingerprint density at radius 2 is 1.85 bits per heavy atom. The van der Waals surface area contributed by atoms with Crippen molar-refractivity contribution in [1.29, 1.82) is 0 Å². The van der Waals surface area contributed by atoms with E-state index in [0.717, 1.165) is 6.07 Å². The molecule has 0 saturated heterocycles. The summed E-state index contributed by atoms with van der Waals surface area (Å²) in [7, 11) is 0. The molecule has 3 aliphatic carbocycles. The van der Waals surface area contributed by atoms with Gasteiger partial charge >= 0.3 is 0 Å². The van der Waals surface area contributed by atoms with Gasteiger partial charge in [0, 0.05) is 34.2 Å². The smallest absolute Gasteiger partial charge is 0.264 e. The summed E-state index contributed by atoms with van der Waals surface area (Å²) in [6, 6.07) is 8.91. The van der Waals surface area contributed by atoms with Gasteiger partial charge in [-0.3, -0.25) is 9.59 Å². The minimum atomic E-state index is -1.23. The van der Waals surface area contributed by atoms with E-state index in [1.54, 1.807) is 25.1 Å². The number of nitrogens with one attached hydrogen (secondary N) is 2. The predicted octanol–water partition coefficient (Wildman–Crippen LogP) is 3.69. The van der Waals surface area contributed by atoms with E-state index in [9.17, 15) is 19.1 Å². The number of hydrogen-bond donors (Lipinski definition) is 3. The van der Waals surface area contributed by atoms with E-state index in [0.29, 0.717) is 35.6 Å². The normalized spacial score (nSPS) is 30.7.